The number of carbonyl (C=O) groups excluding carboxylic acids is 1. The van der Waals surface area contributed by atoms with Crippen LogP contribution in [0.1, 0.15) is 12.0 Å². The van der Waals surface area contributed by atoms with Crippen molar-refractivity contribution in [2.75, 3.05) is 13.7 Å². The van der Waals surface area contributed by atoms with Gasteiger partial charge in [0.05, 0.1) is 18.7 Å². The summed E-state index contributed by atoms with van der Waals surface area (Å²) in [5.41, 5.74) is 0.918. The van der Waals surface area contributed by atoms with Crippen molar-refractivity contribution in [2.24, 2.45) is 4.99 Å². The minimum Gasteiger partial charge on any atom is -0.495 e. The molecule has 5 heteroatoms. The number of methoxy groups -OCH3 is 1. The van der Waals surface area contributed by atoms with Crippen LogP contribution in [0.5, 0.6) is 5.75 Å². The van der Waals surface area contributed by atoms with E-state index in [-0.39, 0.29) is 0 Å². The van der Waals surface area contributed by atoms with Crippen molar-refractivity contribution >= 4 is 29.3 Å². The highest BCUT2D eigenvalue weighted by Gasteiger charge is 2.09. The summed E-state index contributed by atoms with van der Waals surface area (Å²) in [4.78, 5) is 13.4. The van der Waals surface area contributed by atoms with E-state index in [4.69, 9.17) is 27.9 Å². The molecule has 0 N–H and O–H groups in total. The average Bonchev–Trinajstić information content (AvgIpc) is 2.24. The van der Waals surface area contributed by atoms with Gasteiger partial charge in [-0.15, -0.1) is 0 Å². The van der Waals surface area contributed by atoms with Crippen molar-refractivity contribution in [2.45, 2.75) is 12.8 Å². The Balaban J connectivity index is 2.80. The normalized spacial score (nSPS) is 9.69. The Labute approximate surface area is 104 Å². The third-order valence-electron chi connectivity index (χ3n) is 2.07. The van der Waals surface area contributed by atoms with Crippen LogP contribution in [0.15, 0.2) is 17.1 Å². The maximum Gasteiger partial charge on any atom is 0.234 e. The minimum absolute atomic E-state index is 0.441. The maximum absolute atomic E-state index is 9.89. The summed E-state index contributed by atoms with van der Waals surface area (Å²) >= 11 is 11.9. The van der Waals surface area contributed by atoms with Crippen molar-refractivity contribution < 1.29 is 9.53 Å². The van der Waals surface area contributed by atoms with E-state index in [1.807, 2.05) is 0 Å². The highest BCUT2D eigenvalue weighted by Crippen LogP contribution is 2.32. The van der Waals surface area contributed by atoms with E-state index >= 15 is 0 Å². The van der Waals surface area contributed by atoms with Crippen molar-refractivity contribution in [3.05, 3.63) is 27.7 Å². The van der Waals surface area contributed by atoms with Gasteiger partial charge in [0.25, 0.3) is 0 Å². The van der Waals surface area contributed by atoms with Crippen LogP contribution >= 0.6 is 23.2 Å². The van der Waals surface area contributed by atoms with Gasteiger partial charge in [0.2, 0.25) is 6.08 Å². The number of isocyanates is 1. The second-order valence-electron chi connectivity index (χ2n) is 3.16. The van der Waals surface area contributed by atoms with E-state index in [2.05, 4.69) is 4.99 Å². The molecule has 16 heavy (non-hydrogen) atoms. The first-order chi connectivity index (χ1) is 7.69. The molecule has 0 saturated heterocycles. The lowest BCUT2D eigenvalue weighted by atomic mass is 10.1. The van der Waals surface area contributed by atoms with Gasteiger partial charge in [-0.1, -0.05) is 23.2 Å². The first-order valence-electron chi connectivity index (χ1n) is 4.74. The molecule has 0 amide bonds. The Hall–Kier alpha value is -1.02. The fraction of sp³-hybridized carbons (Fsp3) is 0.364. The number of benzene rings is 1. The van der Waals surface area contributed by atoms with Crippen LogP contribution in [-0.2, 0) is 11.2 Å². The molecule has 0 unspecified atom stereocenters. The van der Waals surface area contributed by atoms with Gasteiger partial charge >= 0.3 is 0 Å². The first-order valence-corrected chi connectivity index (χ1v) is 5.50. The van der Waals surface area contributed by atoms with Crippen molar-refractivity contribution in [1.82, 2.24) is 0 Å². The predicted molar refractivity (Wildman–Crippen MR) is 64.3 cm³/mol. The second kappa shape index (κ2) is 6.54. The van der Waals surface area contributed by atoms with Crippen LogP contribution in [0.25, 0.3) is 0 Å². The number of aliphatic imine (C=N–C) groups is 1. The number of hydrogen-bond acceptors (Lipinski definition) is 3. The van der Waals surface area contributed by atoms with E-state index in [9.17, 15) is 4.79 Å². The Kier molecular flexibility index (Phi) is 5.33. The largest absolute Gasteiger partial charge is 0.495 e. The van der Waals surface area contributed by atoms with Gasteiger partial charge in [-0.25, -0.2) is 9.79 Å². The molecule has 0 aliphatic heterocycles. The molecule has 0 atom stereocenters. The van der Waals surface area contributed by atoms with Crippen LogP contribution in [0, 0.1) is 0 Å². The molecule has 0 spiro atoms. The van der Waals surface area contributed by atoms with E-state index in [1.54, 1.807) is 19.2 Å². The predicted octanol–water partition coefficient (Wildman–Crippen LogP) is 3.27. The lowest BCUT2D eigenvalue weighted by Gasteiger charge is -2.10. The number of ether oxygens (including phenoxy) is 1. The van der Waals surface area contributed by atoms with Gasteiger partial charge in [-0.3, -0.25) is 0 Å². The second-order valence-corrected chi connectivity index (χ2v) is 4.00. The summed E-state index contributed by atoms with van der Waals surface area (Å²) < 4.78 is 5.19. The summed E-state index contributed by atoms with van der Waals surface area (Å²) in [5.74, 6) is 0.626. The molecule has 0 saturated carbocycles. The summed E-state index contributed by atoms with van der Waals surface area (Å²) in [6.07, 6.45) is 2.92. The fourth-order valence-electron chi connectivity index (χ4n) is 1.42. The molecule has 0 heterocycles. The molecular weight excluding hydrogens is 249 g/mol. The standard InChI is InChI=1S/C11H11Cl2NO2/c1-16-11-8(3-2-4-14-7-15)5-9(12)6-10(11)13/h5-6H,2-4H2,1H3. The summed E-state index contributed by atoms with van der Waals surface area (Å²) in [6, 6.07) is 3.44. The van der Waals surface area contributed by atoms with Gasteiger partial charge in [-0.2, -0.15) is 0 Å². The van der Waals surface area contributed by atoms with Crippen molar-refractivity contribution in [1.29, 1.82) is 0 Å². The molecule has 0 radical (unpaired) electrons. The van der Waals surface area contributed by atoms with Gasteiger partial charge < -0.3 is 4.74 Å². The third-order valence-corrected chi connectivity index (χ3v) is 2.57. The van der Waals surface area contributed by atoms with Gasteiger partial charge in [0, 0.05) is 5.02 Å². The molecule has 1 aromatic rings. The van der Waals surface area contributed by atoms with Crippen molar-refractivity contribution in [3.8, 4) is 5.75 Å². The summed E-state index contributed by atoms with van der Waals surface area (Å²) in [6.45, 7) is 0.441. The quantitative estimate of drug-likeness (QED) is 0.463. The molecule has 86 valence electrons. The number of nitrogens with zero attached hydrogens (tertiary/aromatic N) is 1. The lowest BCUT2D eigenvalue weighted by molar-refractivity contribution is 0.409. The molecule has 0 fully saturated rings. The molecule has 3 nitrogen and oxygen atoms in total. The van der Waals surface area contributed by atoms with Crippen LogP contribution in [0.3, 0.4) is 0 Å². The summed E-state index contributed by atoms with van der Waals surface area (Å²) in [5, 5.41) is 1.06. The highest BCUT2D eigenvalue weighted by molar-refractivity contribution is 6.35. The molecular formula is C11H11Cl2NO2. The molecule has 0 bridgehead atoms. The third kappa shape index (κ3) is 3.53. The zero-order chi connectivity index (χ0) is 12.0. The van der Waals surface area contributed by atoms with E-state index in [0.29, 0.717) is 28.8 Å². The number of aryl methyl sites for hydroxylation is 1. The van der Waals surface area contributed by atoms with Crippen molar-refractivity contribution in [3.63, 3.8) is 0 Å². The topological polar surface area (TPSA) is 38.7 Å². The monoisotopic (exact) mass is 259 g/mol. The van der Waals surface area contributed by atoms with E-state index in [1.165, 1.54) is 6.08 Å². The smallest absolute Gasteiger partial charge is 0.234 e. The average molecular weight is 260 g/mol. The first kappa shape index (κ1) is 13.0. The van der Waals surface area contributed by atoms with E-state index < -0.39 is 0 Å². The van der Waals surface area contributed by atoms with Gasteiger partial charge in [-0.05, 0) is 30.5 Å². The van der Waals surface area contributed by atoms with Crippen LogP contribution in [-0.4, -0.2) is 19.7 Å². The zero-order valence-electron chi connectivity index (χ0n) is 8.80. The molecule has 1 rings (SSSR count). The van der Waals surface area contributed by atoms with Crippen LogP contribution < -0.4 is 4.74 Å². The van der Waals surface area contributed by atoms with E-state index in [0.717, 1.165) is 12.0 Å². The number of halogens is 2. The van der Waals surface area contributed by atoms with Gasteiger partial charge in [0.15, 0.2) is 0 Å². The van der Waals surface area contributed by atoms with Gasteiger partial charge in [0.1, 0.15) is 5.75 Å². The summed E-state index contributed by atoms with van der Waals surface area (Å²) in [7, 11) is 1.56. The maximum atomic E-state index is 9.89. The number of hydrogen-bond donors (Lipinski definition) is 0. The highest BCUT2D eigenvalue weighted by atomic mass is 35.5. The number of rotatable bonds is 5. The lowest BCUT2D eigenvalue weighted by Crippen LogP contribution is -1.95. The van der Waals surface area contributed by atoms with Crippen LogP contribution in [0.4, 0.5) is 0 Å². The molecule has 0 aromatic heterocycles. The SMILES string of the molecule is COc1c(Cl)cc(Cl)cc1CCCN=C=O. The zero-order valence-corrected chi connectivity index (χ0v) is 10.3. The minimum atomic E-state index is 0.441. The van der Waals surface area contributed by atoms with Crippen LogP contribution in [0.2, 0.25) is 10.0 Å². The Bertz CT molecular complexity index is 415. The fourth-order valence-corrected chi connectivity index (χ4v) is 2.03. The molecule has 0 aliphatic carbocycles. The molecule has 0 aliphatic rings. The Morgan fingerprint density at radius 2 is 2.19 bits per heavy atom. The Morgan fingerprint density at radius 1 is 1.44 bits per heavy atom. The Morgan fingerprint density at radius 3 is 2.81 bits per heavy atom. The molecule has 1 aromatic carbocycles.